The van der Waals surface area contributed by atoms with E-state index in [9.17, 15) is 35.1 Å². The van der Waals surface area contributed by atoms with E-state index in [-0.39, 0.29) is 23.2 Å². The van der Waals surface area contributed by atoms with Crippen LogP contribution in [0.25, 0.3) is 0 Å². The summed E-state index contributed by atoms with van der Waals surface area (Å²) in [7, 11) is 0. The lowest BCUT2D eigenvalue weighted by Crippen LogP contribution is -2.45. The lowest BCUT2D eigenvalue weighted by molar-refractivity contribution is -0.393. The first kappa shape index (κ1) is 27.0. The zero-order valence-corrected chi connectivity index (χ0v) is 20.4. The van der Waals surface area contributed by atoms with Crippen LogP contribution in [0, 0.1) is 36.3 Å². The Morgan fingerprint density at radius 2 is 1.70 bits per heavy atom. The number of benzene rings is 2. The van der Waals surface area contributed by atoms with Crippen LogP contribution >= 0.6 is 0 Å². The molecule has 1 fully saturated rings. The molecule has 1 aliphatic rings. The van der Waals surface area contributed by atoms with Crippen LogP contribution < -0.4 is 10.3 Å². The molecule has 0 aliphatic carbocycles. The highest BCUT2D eigenvalue weighted by atomic mass is 16.6. The number of amides is 1. The van der Waals surface area contributed by atoms with Crippen LogP contribution in [0.1, 0.15) is 32.3 Å². The van der Waals surface area contributed by atoms with Crippen molar-refractivity contribution in [3.63, 3.8) is 0 Å². The van der Waals surface area contributed by atoms with Crippen molar-refractivity contribution in [2.75, 3.05) is 36.5 Å². The Balaban J connectivity index is 1.89. The maximum atomic E-state index is 12.9. The second-order valence-electron chi connectivity index (χ2n) is 8.38. The first-order valence-electron chi connectivity index (χ1n) is 11.7. The molecular weight excluding hydrogens is 486 g/mol. The Morgan fingerprint density at radius 3 is 2.32 bits per heavy atom. The van der Waals surface area contributed by atoms with Gasteiger partial charge in [0.25, 0.3) is 11.4 Å². The summed E-state index contributed by atoms with van der Waals surface area (Å²) in [5.74, 6) is -0.145. The Morgan fingerprint density at radius 1 is 1.05 bits per heavy atom. The van der Waals surface area contributed by atoms with Gasteiger partial charge < -0.3 is 9.80 Å². The van der Waals surface area contributed by atoms with E-state index in [1.165, 1.54) is 18.3 Å². The van der Waals surface area contributed by atoms with Crippen LogP contribution in [0.3, 0.4) is 0 Å². The summed E-state index contributed by atoms with van der Waals surface area (Å²) in [5, 5.41) is 37.7. The van der Waals surface area contributed by atoms with Crippen molar-refractivity contribution in [3.05, 3.63) is 72.3 Å². The van der Waals surface area contributed by atoms with Crippen molar-refractivity contribution in [1.29, 1.82) is 0 Å². The second kappa shape index (κ2) is 11.9. The topological polar surface area (TPSA) is 177 Å². The number of carbonyl (C=O) groups excluding carboxylic acids is 1. The number of non-ortho nitro benzene ring substituents is 2. The maximum Gasteiger partial charge on any atom is 0.301 e. The van der Waals surface area contributed by atoms with Gasteiger partial charge in [0.05, 0.1) is 33.0 Å². The third kappa shape index (κ3) is 6.34. The predicted octanol–water partition coefficient (Wildman–Crippen LogP) is 3.94. The van der Waals surface area contributed by atoms with Crippen molar-refractivity contribution in [3.8, 4) is 0 Å². The van der Waals surface area contributed by atoms with E-state index >= 15 is 0 Å². The molecule has 1 N–H and O–H groups in total. The van der Waals surface area contributed by atoms with Crippen molar-refractivity contribution < 1.29 is 19.6 Å². The van der Waals surface area contributed by atoms with Crippen LogP contribution in [0.15, 0.2) is 41.5 Å². The number of carbonyl (C=O) groups is 1. The number of nitro groups is 3. The summed E-state index contributed by atoms with van der Waals surface area (Å²) in [6, 6.07) is 7.38. The van der Waals surface area contributed by atoms with Crippen LogP contribution in [0.5, 0.6) is 0 Å². The number of nitro benzene ring substituents is 3. The molecule has 0 aromatic heterocycles. The van der Waals surface area contributed by atoms with Crippen molar-refractivity contribution >= 4 is 40.6 Å². The van der Waals surface area contributed by atoms with Gasteiger partial charge in [-0.05, 0) is 38.8 Å². The molecule has 1 heterocycles. The number of nitrogens with one attached hydrogen (secondary N) is 1. The van der Waals surface area contributed by atoms with Gasteiger partial charge in [0.2, 0.25) is 5.91 Å². The quantitative estimate of drug-likeness (QED) is 0.280. The zero-order valence-electron chi connectivity index (χ0n) is 20.4. The molecule has 3 rings (SSSR count). The van der Waals surface area contributed by atoms with Gasteiger partial charge in [-0.2, -0.15) is 5.10 Å². The first-order chi connectivity index (χ1) is 17.7. The lowest BCUT2D eigenvalue weighted by atomic mass is 9.95. The molecule has 0 bridgehead atoms. The van der Waals surface area contributed by atoms with Gasteiger partial charge in [-0.15, -0.1) is 0 Å². The van der Waals surface area contributed by atoms with E-state index in [2.05, 4.69) is 10.5 Å². The van der Waals surface area contributed by atoms with Crippen LogP contribution in [-0.4, -0.2) is 58.0 Å². The highest BCUT2D eigenvalue weighted by Crippen LogP contribution is 2.31. The van der Waals surface area contributed by atoms with Gasteiger partial charge in [0.1, 0.15) is 5.69 Å². The van der Waals surface area contributed by atoms with Gasteiger partial charge in [0.15, 0.2) is 0 Å². The average molecular weight is 514 g/mol. The highest BCUT2D eigenvalue weighted by Gasteiger charge is 2.29. The Kier molecular flexibility index (Phi) is 8.66. The van der Waals surface area contributed by atoms with Crippen LogP contribution in [0.2, 0.25) is 0 Å². The Labute approximate surface area is 212 Å². The molecule has 1 atom stereocenters. The molecule has 2 aromatic rings. The smallest absolute Gasteiger partial charge is 0.301 e. The summed E-state index contributed by atoms with van der Waals surface area (Å²) in [6.45, 7) is 6.16. The number of piperidine rings is 1. The third-order valence-electron chi connectivity index (χ3n) is 6.19. The molecule has 37 heavy (non-hydrogen) atoms. The molecule has 1 unspecified atom stereocenters. The molecule has 1 aliphatic heterocycles. The third-order valence-corrected chi connectivity index (χ3v) is 6.19. The van der Waals surface area contributed by atoms with E-state index in [1.54, 1.807) is 11.0 Å². The van der Waals surface area contributed by atoms with Crippen molar-refractivity contribution in [1.82, 2.24) is 4.90 Å². The van der Waals surface area contributed by atoms with Crippen molar-refractivity contribution in [2.24, 2.45) is 11.0 Å². The summed E-state index contributed by atoms with van der Waals surface area (Å²) < 4.78 is 0. The Bertz CT molecular complexity index is 1230. The average Bonchev–Trinajstić information content (AvgIpc) is 2.89. The highest BCUT2D eigenvalue weighted by molar-refractivity contribution is 5.90. The van der Waals surface area contributed by atoms with Crippen LogP contribution in [0.4, 0.5) is 28.4 Å². The van der Waals surface area contributed by atoms with Crippen LogP contribution in [-0.2, 0) is 4.79 Å². The van der Waals surface area contributed by atoms with Gasteiger partial charge in [0, 0.05) is 55.6 Å². The molecule has 14 nitrogen and oxygen atoms in total. The minimum atomic E-state index is -0.773. The molecule has 1 saturated heterocycles. The maximum absolute atomic E-state index is 12.9. The summed E-state index contributed by atoms with van der Waals surface area (Å²) in [5.41, 5.74) is 2.27. The second-order valence-corrected chi connectivity index (χ2v) is 8.38. The Hall–Kier alpha value is -4.62. The summed E-state index contributed by atoms with van der Waals surface area (Å²) in [4.78, 5) is 48.3. The molecule has 1 amide bonds. The fraction of sp³-hybridized carbons (Fsp3) is 0.391. The van der Waals surface area contributed by atoms with Gasteiger partial charge in [-0.3, -0.25) is 40.6 Å². The molecule has 0 saturated carbocycles. The minimum absolute atomic E-state index is 0.0685. The SMILES string of the molecule is CCN(CC)C(=O)C1CCCN(c2ccc([N+](=O)[O-])cc2C=NNc2ccc([N+](=O)[O-])cc2[N+](=O)[O-])C1. The van der Waals surface area contributed by atoms with E-state index in [1.807, 2.05) is 18.7 Å². The normalized spacial score (nSPS) is 15.4. The predicted molar refractivity (Wildman–Crippen MR) is 137 cm³/mol. The number of hydrogen-bond acceptors (Lipinski definition) is 10. The van der Waals surface area contributed by atoms with E-state index in [0.717, 1.165) is 31.0 Å². The summed E-state index contributed by atoms with van der Waals surface area (Å²) >= 11 is 0. The standard InChI is InChI=1S/C23H27N7O7/c1-3-26(4-2)23(31)16-6-5-11-27(15-16)21-10-8-18(28(32)33)12-17(21)14-24-25-20-9-7-19(29(34)35)13-22(20)30(36)37/h7-10,12-14,16,25H,3-6,11,15H2,1-2H3. The van der Waals surface area contributed by atoms with Gasteiger partial charge in [-0.1, -0.05) is 0 Å². The molecule has 196 valence electrons. The first-order valence-corrected chi connectivity index (χ1v) is 11.7. The fourth-order valence-electron chi connectivity index (χ4n) is 4.29. The largest absolute Gasteiger partial charge is 0.370 e. The molecule has 2 aromatic carbocycles. The fourth-order valence-corrected chi connectivity index (χ4v) is 4.29. The van der Waals surface area contributed by atoms with Gasteiger partial charge >= 0.3 is 5.69 Å². The zero-order chi connectivity index (χ0) is 27.1. The van der Waals surface area contributed by atoms with Gasteiger partial charge in [-0.25, -0.2) is 0 Å². The number of hydrazone groups is 1. The molecular formula is C23H27N7O7. The number of nitrogens with zero attached hydrogens (tertiary/aromatic N) is 6. The monoisotopic (exact) mass is 513 g/mol. The molecule has 0 spiro atoms. The number of rotatable bonds is 10. The molecule has 0 radical (unpaired) electrons. The number of hydrogen-bond donors (Lipinski definition) is 1. The molecule has 14 heteroatoms. The van der Waals surface area contributed by atoms with E-state index in [0.29, 0.717) is 37.4 Å². The summed E-state index contributed by atoms with van der Waals surface area (Å²) in [6.07, 6.45) is 2.80. The minimum Gasteiger partial charge on any atom is -0.370 e. The number of anilines is 2. The van der Waals surface area contributed by atoms with Crippen molar-refractivity contribution in [2.45, 2.75) is 26.7 Å². The lowest BCUT2D eigenvalue weighted by Gasteiger charge is -2.36. The van der Waals surface area contributed by atoms with E-state index in [4.69, 9.17) is 0 Å². The van der Waals surface area contributed by atoms with E-state index < -0.39 is 26.1 Å².